The molecule has 0 aromatic heterocycles. The molecule has 0 amide bonds. The first-order valence-electron chi connectivity index (χ1n) is 4.55. The number of carbonyl (C=O) groups excluding carboxylic acids is 1. The molecule has 1 nitrogen and oxygen atoms in total. The summed E-state index contributed by atoms with van der Waals surface area (Å²) in [6.07, 6.45) is 7.91. The third-order valence-electron chi connectivity index (χ3n) is 3.76. The van der Waals surface area contributed by atoms with E-state index >= 15 is 0 Å². The number of fused-ring (bicyclic) bond motifs is 5. The van der Waals surface area contributed by atoms with Crippen molar-refractivity contribution in [2.45, 2.75) is 19.3 Å². The largest absolute Gasteiger partial charge is 0.299 e. The molecule has 3 rings (SSSR count). The molecular weight excluding hydrogens is 136 g/mol. The highest BCUT2D eigenvalue weighted by atomic mass is 16.1. The van der Waals surface area contributed by atoms with Crippen LogP contribution in [0.5, 0.6) is 0 Å². The minimum atomic E-state index is 0.434. The van der Waals surface area contributed by atoms with E-state index in [0.29, 0.717) is 17.6 Å². The third-order valence-corrected chi connectivity index (χ3v) is 3.76. The molecule has 11 heavy (non-hydrogen) atoms. The number of carbonyl (C=O) groups is 1. The number of Topliss-reactive ketones (excluding diaryl/α,β-unsaturated/α-hetero) is 1. The van der Waals surface area contributed by atoms with Crippen LogP contribution in [-0.4, -0.2) is 5.78 Å². The van der Waals surface area contributed by atoms with Crippen LogP contribution in [0, 0.1) is 23.7 Å². The van der Waals surface area contributed by atoms with E-state index in [1.807, 2.05) is 0 Å². The van der Waals surface area contributed by atoms with E-state index in [1.54, 1.807) is 0 Å². The maximum atomic E-state index is 11.3. The van der Waals surface area contributed by atoms with Crippen molar-refractivity contribution in [2.24, 2.45) is 23.7 Å². The van der Waals surface area contributed by atoms with Gasteiger partial charge in [-0.2, -0.15) is 0 Å². The Hall–Kier alpha value is -0.590. The molecule has 3 aliphatic carbocycles. The van der Waals surface area contributed by atoms with Gasteiger partial charge in [-0.1, -0.05) is 12.2 Å². The smallest absolute Gasteiger partial charge is 0.136 e. The summed E-state index contributed by atoms with van der Waals surface area (Å²) in [6.45, 7) is 0. The summed E-state index contributed by atoms with van der Waals surface area (Å²) in [7, 11) is 0. The van der Waals surface area contributed by atoms with Crippen LogP contribution < -0.4 is 0 Å². The van der Waals surface area contributed by atoms with Crippen LogP contribution in [0.4, 0.5) is 0 Å². The Morgan fingerprint density at radius 2 is 2.36 bits per heavy atom. The Labute approximate surface area is 66.5 Å². The predicted octanol–water partition coefficient (Wildman–Crippen LogP) is 1.79. The second-order valence-electron chi connectivity index (χ2n) is 4.18. The van der Waals surface area contributed by atoms with Gasteiger partial charge in [-0.25, -0.2) is 0 Å². The normalized spacial score (nSPS) is 52.2. The second-order valence-corrected chi connectivity index (χ2v) is 4.18. The van der Waals surface area contributed by atoms with Crippen molar-refractivity contribution in [2.75, 3.05) is 0 Å². The fourth-order valence-electron chi connectivity index (χ4n) is 3.28. The Morgan fingerprint density at radius 1 is 1.45 bits per heavy atom. The average molecular weight is 148 g/mol. The molecule has 0 aliphatic heterocycles. The molecule has 0 saturated heterocycles. The summed E-state index contributed by atoms with van der Waals surface area (Å²) in [5, 5.41) is 0. The van der Waals surface area contributed by atoms with Crippen molar-refractivity contribution in [1.29, 1.82) is 0 Å². The highest BCUT2D eigenvalue weighted by Crippen LogP contribution is 2.54. The van der Waals surface area contributed by atoms with Gasteiger partial charge >= 0.3 is 0 Å². The molecule has 1 heteroatoms. The fraction of sp³-hybridized carbons (Fsp3) is 0.700. The summed E-state index contributed by atoms with van der Waals surface area (Å²) >= 11 is 0. The zero-order chi connectivity index (χ0) is 7.42. The van der Waals surface area contributed by atoms with Gasteiger partial charge in [0, 0.05) is 12.3 Å². The molecule has 0 N–H and O–H groups in total. The lowest BCUT2D eigenvalue weighted by Crippen LogP contribution is -2.23. The minimum absolute atomic E-state index is 0.434. The van der Waals surface area contributed by atoms with Gasteiger partial charge < -0.3 is 0 Å². The van der Waals surface area contributed by atoms with Crippen LogP contribution in [0.15, 0.2) is 12.2 Å². The quantitative estimate of drug-likeness (QED) is 0.479. The number of hydrogen-bond donors (Lipinski definition) is 0. The van der Waals surface area contributed by atoms with Crippen molar-refractivity contribution in [1.82, 2.24) is 0 Å². The first-order valence-corrected chi connectivity index (χ1v) is 4.55. The van der Waals surface area contributed by atoms with Crippen LogP contribution in [0.3, 0.4) is 0 Å². The first kappa shape index (κ1) is 5.99. The number of hydrogen-bond acceptors (Lipinski definition) is 1. The van der Waals surface area contributed by atoms with E-state index in [9.17, 15) is 4.79 Å². The molecule has 58 valence electrons. The molecule has 4 atom stereocenters. The maximum absolute atomic E-state index is 11.3. The van der Waals surface area contributed by atoms with Crippen molar-refractivity contribution < 1.29 is 4.79 Å². The molecule has 0 aromatic carbocycles. The van der Waals surface area contributed by atoms with Gasteiger partial charge in [-0.15, -0.1) is 0 Å². The molecule has 0 heterocycles. The lowest BCUT2D eigenvalue weighted by Gasteiger charge is -2.22. The highest BCUT2D eigenvalue weighted by Gasteiger charge is 2.51. The van der Waals surface area contributed by atoms with Gasteiger partial charge in [0.2, 0.25) is 0 Å². The molecular formula is C10H12O. The predicted molar refractivity (Wildman–Crippen MR) is 42.0 cm³/mol. The van der Waals surface area contributed by atoms with E-state index in [1.165, 1.54) is 12.8 Å². The average Bonchev–Trinajstić information content (AvgIpc) is 2.52. The van der Waals surface area contributed by atoms with E-state index < -0.39 is 0 Å². The molecule has 2 saturated carbocycles. The van der Waals surface area contributed by atoms with Gasteiger partial charge in [0.05, 0.1) is 0 Å². The summed E-state index contributed by atoms with van der Waals surface area (Å²) < 4.78 is 0. The molecule has 2 fully saturated rings. The number of rotatable bonds is 0. The van der Waals surface area contributed by atoms with Gasteiger partial charge in [0.15, 0.2) is 0 Å². The van der Waals surface area contributed by atoms with E-state index in [2.05, 4.69) is 12.2 Å². The number of ketones is 1. The zero-order valence-corrected chi connectivity index (χ0v) is 6.49. The minimum Gasteiger partial charge on any atom is -0.299 e. The van der Waals surface area contributed by atoms with E-state index in [0.717, 1.165) is 18.3 Å². The van der Waals surface area contributed by atoms with Crippen molar-refractivity contribution >= 4 is 5.78 Å². The first-order chi connectivity index (χ1) is 5.36. The molecule has 0 aromatic rings. The van der Waals surface area contributed by atoms with Crippen molar-refractivity contribution in [3.05, 3.63) is 12.2 Å². The van der Waals surface area contributed by atoms with Crippen LogP contribution in [0.2, 0.25) is 0 Å². The molecule has 3 aliphatic rings. The maximum Gasteiger partial charge on any atom is 0.136 e. The summed E-state index contributed by atoms with van der Waals surface area (Å²) in [6, 6.07) is 0. The van der Waals surface area contributed by atoms with E-state index in [4.69, 9.17) is 0 Å². The second kappa shape index (κ2) is 1.77. The van der Waals surface area contributed by atoms with Gasteiger partial charge in [-0.05, 0) is 30.6 Å². The van der Waals surface area contributed by atoms with Crippen LogP contribution in [0.25, 0.3) is 0 Å². The van der Waals surface area contributed by atoms with Crippen molar-refractivity contribution in [3.63, 3.8) is 0 Å². The molecule has 2 unspecified atom stereocenters. The SMILES string of the molecule is O=C1C[C@H]2C[C@@H]1C1C=CCC12. The Morgan fingerprint density at radius 3 is 3.27 bits per heavy atom. The van der Waals surface area contributed by atoms with Gasteiger partial charge in [0.1, 0.15) is 5.78 Å². The van der Waals surface area contributed by atoms with Crippen LogP contribution in [0.1, 0.15) is 19.3 Å². The molecule has 2 bridgehead atoms. The Kier molecular flexibility index (Phi) is 0.961. The van der Waals surface area contributed by atoms with Gasteiger partial charge in [-0.3, -0.25) is 4.79 Å². The van der Waals surface area contributed by atoms with Crippen LogP contribution in [-0.2, 0) is 4.79 Å². The monoisotopic (exact) mass is 148 g/mol. The third kappa shape index (κ3) is 0.597. The topological polar surface area (TPSA) is 17.1 Å². The summed E-state index contributed by atoms with van der Waals surface area (Å²) in [4.78, 5) is 11.3. The van der Waals surface area contributed by atoms with Crippen molar-refractivity contribution in [3.8, 4) is 0 Å². The summed E-state index contributed by atoms with van der Waals surface area (Å²) in [5.74, 6) is 3.25. The Balaban J connectivity index is 2.00. The fourth-order valence-corrected chi connectivity index (χ4v) is 3.28. The zero-order valence-electron chi connectivity index (χ0n) is 6.49. The lowest BCUT2D eigenvalue weighted by atomic mass is 9.81. The highest BCUT2D eigenvalue weighted by molar-refractivity contribution is 5.85. The Bertz CT molecular complexity index is 241. The lowest BCUT2D eigenvalue weighted by molar-refractivity contribution is -0.123. The standard InChI is InChI=1S/C10H12O/c11-10-5-6-4-9(10)8-3-1-2-7(6)8/h1,3,6-9H,2,4-5H2/t6-,7?,8?,9-/m1/s1. The number of allylic oxidation sites excluding steroid dienone is 2. The molecule has 0 spiro atoms. The van der Waals surface area contributed by atoms with Gasteiger partial charge in [0.25, 0.3) is 0 Å². The van der Waals surface area contributed by atoms with Crippen LogP contribution >= 0.6 is 0 Å². The van der Waals surface area contributed by atoms with E-state index in [-0.39, 0.29) is 0 Å². The molecule has 0 radical (unpaired) electrons. The summed E-state index contributed by atoms with van der Waals surface area (Å²) in [5.41, 5.74) is 0.